The molecule has 2 aromatic carbocycles. The molecule has 0 heterocycles. The van der Waals surface area contributed by atoms with Crippen molar-refractivity contribution in [3.05, 3.63) is 59.4 Å². The zero-order valence-corrected chi connectivity index (χ0v) is 13.2. The van der Waals surface area contributed by atoms with E-state index >= 15 is 0 Å². The Morgan fingerprint density at radius 1 is 1.17 bits per heavy atom. The van der Waals surface area contributed by atoms with Crippen molar-refractivity contribution in [3.8, 4) is 0 Å². The van der Waals surface area contributed by atoms with Crippen LogP contribution < -0.4 is 5.32 Å². The first-order chi connectivity index (χ1) is 10.8. The highest BCUT2D eigenvalue weighted by molar-refractivity contribution is 7.85. The van der Waals surface area contributed by atoms with Crippen LogP contribution in [0.5, 0.6) is 0 Å². The highest BCUT2D eigenvalue weighted by atomic mass is 32.2. The molecule has 0 aliphatic rings. The Bertz CT molecular complexity index is 816. The maximum Gasteiger partial charge on any atom is 0.297 e. The summed E-state index contributed by atoms with van der Waals surface area (Å²) in [6.45, 7) is 2.06. The second kappa shape index (κ2) is 6.89. The minimum Gasteiger partial charge on any atom is -0.322 e. The van der Waals surface area contributed by atoms with Crippen molar-refractivity contribution in [2.75, 3.05) is 5.32 Å². The van der Waals surface area contributed by atoms with Crippen LogP contribution in [-0.4, -0.2) is 18.9 Å². The van der Waals surface area contributed by atoms with Crippen molar-refractivity contribution in [2.45, 2.75) is 24.7 Å². The average molecular weight is 337 g/mol. The lowest BCUT2D eigenvalue weighted by molar-refractivity contribution is 0.102. The summed E-state index contributed by atoms with van der Waals surface area (Å²) < 4.78 is 44.5. The lowest BCUT2D eigenvalue weighted by Crippen LogP contribution is -2.13. The van der Waals surface area contributed by atoms with Gasteiger partial charge < -0.3 is 5.32 Å². The maximum atomic E-state index is 13.4. The molecule has 23 heavy (non-hydrogen) atoms. The van der Waals surface area contributed by atoms with Gasteiger partial charge in [-0.1, -0.05) is 25.5 Å². The second-order valence-electron chi connectivity index (χ2n) is 5.02. The van der Waals surface area contributed by atoms with E-state index in [1.54, 1.807) is 12.1 Å². The molecule has 0 aliphatic heterocycles. The molecule has 2 N–H and O–H groups in total. The molecule has 5 nitrogen and oxygen atoms in total. The number of amides is 1. The van der Waals surface area contributed by atoms with E-state index in [1.807, 2.05) is 12.1 Å². The van der Waals surface area contributed by atoms with Gasteiger partial charge in [-0.25, -0.2) is 4.39 Å². The van der Waals surface area contributed by atoms with Gasteiger partial charge in [0.25, 0.3) is 16.0 Å². The van der Waals surface area contributed by atoms with Crippen LogP contribution in [-0.2, 0) is 16.5 Å². The summed E-state index contributed by atoms with van der Waals surface area (Å²) in [6.07, 6.45) is 1.91. The predicted octanol–water partition coefficient (Wildman–Crippen LogP) is 3.28. The van der Waals surface area contributed by atoms with Crippen molar-refractivity contribution in [1.29, 1.82) is 0 Å². The molecule has 0 unspecified atom stereocenters. The van der Waals surface area contributed by atoms with E-state index in [4.69, 9.17) is 4.55 Å². The Hall–Kier alpha value is -2.25. The molecule has 2 rings (SSSR count). The Balaban J connectivity index is 2.20. The van der Waals surface area contributed by atoms with Gasteiger partial charge >= 0.3 is 0 Å². The molecule has 0 spiro atoms. The second-order valence-corrected chi connectivity index (χ2v) is 6.41. The fourth-order valence-electron chi connectivity index (χ4n) is 2.09. The zero-order valence-electron chi connectivity index (χ0n) is 12.4. The molecule has 0 saturated carbocycles. The Labute approximate surface area is 133 Å². The fourth-order valence-corrected chi connectivity index (χ4v) is 2.68. The molecule has 2 aromatic rings. The quantitative estimate of drug-likeness (QED) is 0.820. The molecule has 0 saturated heterocycles. The van der Waals surface area contributed by atoms with Gasteiger partial charge in [0.15, 0.2) is 0 Å². The number of hydrogen-bond donors (Lipinski definition) is 2. The summed E-state index contributed by atoms with van der Waals surface area (Å²) in [7, 11) is -4.69. The van der Waals surface area contributed by atoms with Gasteiger partial charge in [-0.2, -0.15) is 8.42 Å². The van der Waals surface area contributed by atoms with Gasteiger partial charge in [-0.3, -0.25) is 9.35 Å². The van der Waals surface area contributed by atoms with Gasteiger partial charge in [0.05, 0.1) is 0 Å². The van der Waals surface area contributed by atoms with E-state index in [1.165, 1.54) is 6.07 Å². The number of carbonyl (C=O) groups is 1. The monoisotopic (exact) mass is 337 g/mol. The SMILES string of the molecule is CCCc1ccc(C(=O)Nc2ccc(F)c(S(=O)(=O)O)c2)cc1. The van der Waals surface area contributed by atoms with E-state index in [2.05, 4.69) is 12.2 Å². The van der Waals surface area contributed by atoms with Crippen molar-refractivity contribution in [2.24, 2.45) is 0 Å². The van der Waals surface area contributed by atoms with Crippen LogP contribution in [0, 0.1) is 5.82 Å². The van der Waals surface area contributed by atoms with Gasteiger partial charge in [-0.15, -0.1) is 0 Å². The lowest BCUT2D eigenvalue weighted by atomic mass is 10.1. The third-order valence-corrected chi connectivity index (χ3v) is 4.09. The first kappa shape index (κ1) is 17.1. The van der Waals surface area contributed by atoms with Crippen LogP contribution in [0.2, 0.25) is 0 Å². The Morgan fingerprint density at radius 2 is 1.83 bits per heavy atom. The van der Waals surface area contributed by atoms with Crippen molar-refractivity contribution >= 4 is 21.7 Å². The number of anilines is 1. The molecule has 0 aliphatic carbocycles. The standard InChI is InChI=1S/C16H16FNO4S/c1-2-3-11-4-6-12(7-5-11)16(19)18-13-8-9-14(17)15(10-13)23(20,21)22/h4-10H,2-3H2,1H3,(H,18,19)(H,20,21,22). The minimum atomic E-state index is -4.69. The number of benzene rings is 2. The van der Waals surface area contributed by atoms with E-state index in [9.17, 15) is 17.6 Å². The summed E-state index contributed by atoms with van der Waals surface area (Å²) in [4.78, 5) is 11.2. The van der Waals surface area contributed by atoms with Crippen molar-refractivity contribution < 1.29 is 22.2 Å². The molecule has 0 aromatic heterocycles. The normalized spacial score (nSPS) is 11.3. The van der Waals surface area contributed by atoms with Gasteiger partial charge in [0, 0.05) is 11.3 Å². The summed E-state index contributed by atoms with van der Waals surface area (Å²) >= 11 is 0. The zero-order chi connectivity index (χ0) is 17.0. The summed E-state index contributed by atoms with van der Waals surface area (Å²) in [5.41, 5.74) is 1.57. The third kappa shape index (κ3) is 4.37. The number of nitrogens with one attached hydrogen (secondary N) is 1. The first-order valence-corrected chi connectivity index (χ1v) is 8.42. The molecular weight excluding hydrogens is 321 g/mol. The van der Waals surface area contributed by atoms with E-state index in [0.29, 0.717) is 5.56 Å². The van der Waals surface area contributed by atoms with Crippen LogP contribution in [0.25, 0.3) is 0 Å². The number of rotatable bonds is 5. The highest BCUT2D eigenvalue weighted by Crippen LogP contribution is 2.20. The largest absolute Gasteiger partial charge is 0.322 e. The molecule has 7 heteroatoms. The number of carbonyl (C=O) groups excluding carboxylic acids is 1. The number of hydrogen-bond acceptors (Lipinski definition) is 3. The van der Waals surface area contributed by atoms with Crippen LogP contribution in [0.15, 0.2) is 47.4 Å². The van der Waals surface area contributed by atoms with E-state index in [-0.39, 0.29) is 5.69 Å². The number of halogens is 1. The van der Waals surface area contributed by atoms with Crippen LogP contribution in [0.1, 0.15) is 29.3 Å². The first-order valence-electron chi connectivity index (χ1n) is 6.98. The fraction of sp³-hybridized carbons (Fsp3) is 0.188. The Morgan fingerprint density at radius 3 is 2.39 bits per heavy atom. The summed E-state index contributed by atoms with van der Waals surface area (Å²) in [5, 5.41) is 2.47. The van der Waals surface area contributed by atoms with Crippen LogP contribution in [0.4, 0.5) is 10.1 Å². The molecule has 122 valence electrons. The highest BCUT2D eigenvalue weighted by Gasteiger charge is 2.17. The molecule has 0 atom stereocenters. The number of aryl methyl sites for hydroxylation is 1. The van der Waals surface area contributed by atoms with E-state index < -0.39 is 26.7 Å². The lowest BCUT2D eigenvalue weighted by Gasteiger charge is -2.08. The maximum absolute atomic E-state index is 13.4. The van der Waals surface area contributed by atoms with Gasteiger partial charge in [0.2, 0.25) is 0 Å². The van der Waals surface area contributed by atoms with Gasteiger partial charge in [0.1, 0.15) is 10.7 Å². The Kier molecular flexibility index (Phi) is 5.12. The topological polar surface area (TPSA) is 83.5 Å². The molecule has 1 amide bonds. The smallest absolute Gasteiger partial charge is 0.297 e. The van der Waals surface area contributed by atoms with Gasteiger partial charge in [-0.05, 0) is 42.3 Å². The van der Waals surface area contributed by atoms with Crippen molar-refractivity contribution in [1.82, 2.24) is 0 Å². The van der Waals surface area contributed by atoms with Crippen molar-refractivity contribution in [3.63, 3.8) is 0 Å². The van der Waals surface area contributed by atoms with E-state index in [0.717, 1.165) is 30.5 Å². The third-order valence-electron chi connectivity index (χ3n) is 3.22. The molecule has 0 fully saturated rings. The van der Waals surface area contributed by atoms with Crippen LogP contribution in [0.3, 0.4) is 0 Å². The molecule has 0 bridgehead atoms. The molecule has 0 radical (unpaired) electrons. The summed E-state index contributed by atoms with van der Waals surface area (Å²) in [6, 6.07) is 9.95. The average Bonchev–Trinajstić information content (AvgIpc) is 2.49. The minimum absolute atomic E-state index is 0.0710. The van der Waals surface area contributed by atoms with Crippen LogP contribution >= 0.6 is 0 Å². The summed E-state index contributed by atoms with van der Waals surface area (Å²) in [5.74, 6) is -1.55. The predicted molar refractivity (Wildman–Crippen MR) is 84.6 cm³/mol. The molecular formula is C16H16FNO4S.